The Morgan fingerprint density at radius 1 is 1.31 bits per heavy atom. The number of hydrogen-bond donors (Lipinski definition) is 1. The smallest absolute Gasteiger partial charge is 0.224 e. The molecule has 0 saturated heterocycles. The average Bonchev–Trinajstić information content (AvgIpc) is 2.28. The minimum Gasteiger partial charge on any atom is -0.326 e. The zero-order chi connectivity index (χ0) is 11.8. The van der Waals surface area contributed by atoms with E-state index in [2.05, 4.69) is 27.2 Å². The Kier molecular flexibility index (Phi) is 5.66. The van der Waals surface area contributed by atoms with E-state index in [4.69, 9.17) is 6.42 Å². The zero-order valence-corrected chi connectivity index (χ0v) is 10.6. The summed E-state index contributed by atoms with van der Waals surface area (Å²) in [6.07, 6.45) is 8.14. The first-order chi connectivity index (χ1) is 7.72. The highest BCUT2D eigenvalue weighted by molar-refractivity contribution is 9.10. The molecule has 0 aliphatic rings. The summed E-state index contributed by atoms with van der Waals surface area (Å²) in [5.41, 5.74) is 0.824. The van der Waals surface area contributed by atoms with Crippen LogP contribution in [0.25, 0.3) is 0 Å². The van der Waals surface area contributed by atoms with Crippen molar-refractivity contribution in [3.63, 3.8) is 0 Å². The molecule has 1 aromatic carbocycles. The molecule has 0 unspecified atom stereocenters. The van der Waals surface area contributed by atoms with E-state index in [1.165, 1.54) is 0 Å². The van der Waals surface area contributed by atoms with Crippen LogP contribution in [0.2, 0.25) is 0 Å². The van der Waals surface area contributed by atoms with Crippen LogP contribution in [-0.2, 0) is 4.79 Å². The topological polar surface area (TPSA) is 29.1 Å². The van der Waals surface area contributed by atoms with Crippen molar-refractivity contribution in [2.45, 2.75) is 25.7 Å². The van der Waals surface area contributed by atoms with Crippen molar-refractivity contribution in [1.29, 1.82) is 0 Å². The van der Waals surface area contributed by atoms with Crippen molar-refractivity contribution < 1.29 is 4.79 Å². The molecule has 0 fully saturated rings. The maximum absolute atomic E-state index is 11.5. The molecule has 0 heterocycles. The number of amides is 1. The van der Waals surface area contributed by atoms with Gasteiger partial charge in [-0.1, -0.05) is 15.9 Å². The van der Waals surface area contributed by atoms with Crippen LogP contribution in [0, 0.1) is 12.3 Å². The molecule has 84 valence electrons. The maximum atomic E-state index is 11.5. The molecular formula is C13H14BrNO. The molecule has 2 nitrogen and oxygen atoms in total. The molecule has 0 atom stereocenters. The number of unbranched alkanes of at least 4 members (excludes halogenated alkanes) is 2. The van der Waals surface area contributed by atoms with Crippen molar-refractivity contribution >= 4 is 27.5 Å². The summed E-state index contributed by atoms with van der Waals surface area (Å²) in [6, 6.07) is 7.52. The quantitative estimate of drug-likeness (QED) is 0.648. The van der Waals surface area contributed by atoms with Crippen LogP contribution in [-0.4, -0.2) is 5.91 Å². The molecule has 16 heavy (non-hydrogen) atoms. The number of carbonyl (C=O) groups excluding carboxylic acids is 1. The van der Waals surface area contributed by atoms with Crippen molar-refractivity contribution in [1.82, 2.24) is 0 Å². The van der Waals surface area contributed by atoms with Crippen LogP contribution >= 0.6 is 15.9 Å². The third-order valence-corrected chi connectivity index (χ3v) is 2.63. The number of hydrogen-bond acceptors (Lipinski definition) is 1. The van der Waals surface area contributed by atoms with Gasteiger partial charge in [-0.2, -0.15) is 0 Å². The van der Waals surface area contributed by atoms with Gasteiger partial charge >= 0.3 is 0 Å². The first-order valence-corrected chi connectivity index (χ1v) is 6.00. The second-order valence-electron chi connectivity index (χ2n) is 3.47. The molecule has 1 rings (SSSR count). The first kappa shape index (κ1) is 12.8. The third-order valence-electron chi connectivity index (χ3n) is 2.10. The highest BCUT2D eigenvalue weighted by atomic mass is 79.9. The third kappa shape index (κ3) is 4.99. The minimum atomic E-state index is 0.0411. The number of carbonyl (C=O) groups is 1. The molecule has 1 N–H and O–H groups in total. The summed E-state index contributed by atoms with van der Waals surface area (Å²) in [7, 11) is 0. The van der Waals surface area contributed by atoms with Gasteiger partial charge < -0.3 is 5.32 Å². The van der Waals surface area contributed by atoms with Gasteiger partial charge in [-0.3, -0.25) is 4.79 Å². The van der Waals surface area contributed by atoms with Crippen LogP contribution in [0.15, 0.2) is 28.7 Å². The maximum Gasteiger partial charge on any atom is 0.224 e. The average molecular weight is 280 g/mol. The van der Waals surface area contributed by atoms with Crippen LogP contribution in [0.4, 0.5) is 5.69 Å². The fraction of sp³-hybridized carbons (Fsp3) is 0.308. The van der Waals surface area contributed by atoms with E-state index in [9.17, 15) is 4.79 Å². The monoisotopic (exact) mass is 279 g/mol. The lowest BCUT2D eigenvalue weighted by atomic mass is 10.2. The SMILES string of the molecule is C#CCCCCC(=O)Nc1ccc(Br)cc1. The molecule has 3 heteroatoms. The molecule has 0 aromatic heterocycles. The van der Waals surface area contributed by atoms with Crippen molar-refractivity contribution in [2.75, 3.05) is 5.32 Å². The number of benzene rings is 1. The van der Waals surface area contributed by atoms with Gasteiger partial charge in [-0.05, 0) is 37.1 Å². The lowest BCUT2D eigenvalue weighted by Gasteiger charge is -2.04. The lowest BCUT2D eigenvalue weighted by Crippen LogP contribution is -2.10. The van der Waals surface area contributed by atoms with Gasteiger partial charge in [0.25, 0.3) is 0 Å². The van der Waals surface area contributed by atoms with Gasteiger partial charge in [-0.15, -0.1) is 12.3 Å². The van der Waals surface area contributed by atoms with E-state index in [0.29, 0.717) is 6.42 Å². The van der Waals surface area contributed by atoms with Gasteiger partial charge in [0.1, 0.15) is 0 Å². The summed E-state index contributed by atoms with van der Waals surface area (Å²) in [6.45, 7) is 0. The van der Waals surface area contributed by atoms with Crippen molar-refractivity contribution in [2.24, 2.45) is 0 Å². The summed E-state index contributed by atoms with van der Waals surface area (Å²) >= 11 is 3.34. The minimum absolute atomic E-state index is 0.0411. The molecule has 0 bridgehead atoms. The molecular weight excluding hydrogens is 266 g/mol. The fourth-order valence-corrected chi connectivity index (χ4v) is 1.53. The van der Waals surface area contributed by atoms with E-state index in [0.717, 1.165) is 29.4 Å². The highest BCUT2D eigenvalue weighted by Crippen LogP contribution is 2.14. The van der Waals surface area contributed by atoms with Crippen LogP contribution in [0.1, 0.15) is 25.7 Å². The van der Waals surface area contributed by atoms with E-state index < -0.39 is 0 Å². The zero-order valence-electron chi connectivity index (χ0n) is 9.00. The molecule has 1 amide bonds. The van der Waals surface area contributed by atoms with Crippen molar-refractivity contribution in [3.05, 3.63) is 28.7 Å². The van der Waals surface area contributed by atoms with E-state index >= 15 is 0 Å². The molecule has 0 radical (unpaired) electrons. The Balaban J connectivity index is 2.29. The van der Waals surface area contributed by atoms with E-state index in [1.807, 2.05) is 24.3 Å². The van der Waals surface area contributed by atoms with Crippen LogP contribution in [0.5, 0.6) is 0 Å². The fourth-order valence-electron chi connectivity index (χ4n) is 1.27. The number of terminal acetylenes is 1. The Labute approximate surface area is 105 Å². The Bertz CT molecular complexity index is 378. The summed E-state index contributed by atoms with van der Waals surface area (Å²) in [5.74, 6) is 2.60. The first-order valence-electron chi connectivity index (χ1n) is 5.21. The van der Waals surface area contributed by atoms with E-state index in [1.54, 1.807) is 0 Å². The molecule has 0 aliphatic carbocycles. The van der Waals surface area contributed by atoms with Gasteiger partial charge in [-0.25, -0.2) is 0 Å². The summed E-state index contributed by atoms with van der Waals surface area (Å²) in [4.78, 5) is 11.5. The standard InChI is InChI=1S/C13H14BrNO/c1-2-3-4-5-6-13(16)15-12-9-7-11(14)8-10-12/h1,7-10H,3-6H2,(H,15,16). The van der Waals surface area contributed by atoms with Crippen LogP contribution < -0.4 is 5.32 Å². The van der Waals surface area contributed by atoms with Gasteiger partial charge in [0.05, 0.1) is 0 Å². The Morgan fingerprint density at radius 3 is 2.62 bits per heavy atom. The predicted octanol–water partition coefficient (Wildman–Crippen LogP) is 3.58. The molecule has 0 aliphatic heterocycles. The normalized spacial score (nSPS) is 9.50. The highest BCUT2D eigenvalue weighted by Gasteiger charge is 2.01. The van der Waals surface area contributed by atoms with Gasteiger partial charge in [0.2, 0.25) is 5.91 Å². The van der Waals surface area contributed by atoms with E-state index in [-0.39, 0.29) is 5.91 Å². The predicted molar refractivity (Wildman–Crippen MR) is 70.1 cm³/mol. The molecule has 0 saturated carbocycles. The summed E-state index contributed by atoms with van der Waals surface area (Å²) in [5, 5.41) is 2.83. The van der Waals surface area contributed by atoms with Gasteiger partial charge in [0, 0.05) is 23.0 Å². The lowest BCUT2D eigenvalue weighted by molar-refractivity contribution is -0.116. The second-order valence-corrected chi connectivity index (χ2v) is 4.38. The second kappa shape index (κ2) is 7.08. The van der Waals surface area contributed by atoms with Crippen molar-refractivity contribution in [3.8, 4) is 12.3 Å². The van der Waals surface area contributed by atoms with Crippen LogP contribution in [0.3, 0.4) is 0 Å². The number of nitrogens with one attached hydrogen (secondary N) is 1. The Hall–Kier alpha value is -1.27. The summed E-state index contributed by atoms with van der Waals surface area (Å²) < 4.78 is 1.000. The number of anilines is 1. The Morgan fingerprint density at radius 2 is 2.00 bits per heavy atom. The number of rotatable bonds is 5. The largest absolute Gasteiger partial charge is 0.326 e. The van der Waals surface area contributed by atoms with Gasteiger partial charge in [0.15, 0.2) is 0 Å². The molecule has 1 aromatic rings. The molecule has 0 spiro atoms. The number of halogens is 1.